The van der Waals surface area contributed by atoms with Crippen LogP contribution in [0.25, 0.3) is 0 Å². The Balaban J connectivity index is 2.36. The Labute approximate surface area is 102 Å². The SMILES string of the molecule is COC(=O)C1(C)OC1(C)c1ccc(C)c(C)c1. The molecule has 1 fully saturated rings. The molecular weight excluding hydrogens is 216 g/mol. The molecule has 92 valence electrons. The van der Waals surface area contributed by atoms with Crippen LogP contribution in [0.1, 0.15) is 30.5 Å². The van der Waals surface area contributed by atoms with Crippen LogP contribution in [0.5, 0.6) is 0 Å². The van der Waals surface area contributed by atoms with Gasteiger partial charge in [-0.2, -0.15) is 0 Å². The minimum Gasteiger partial charge on any atom is -0.467 e. The second kappa shape index (κ2) is 3.57. The topological polar surface area (TPSA) is 38.8 Å². The first kappa shape index (κ1) is 12.1. The molecule has 1 aromatic carbocycles. The minimum atomic E-state index is -0.858. The number of rotatable bonds is 2. The third-order valence-corrected chi connectivity index (χ3v) is 3.91. The van der Waals surface area contributed by atoms with Crippen molar-refractivity contribution < 1.29 is 14.3 Å². The number of hydrogen-bond acceptors (Lipinski definition) is 3. The molecule has 1 heterocycles. The Morgan fingerprint density at radius 3 is 2.41 bits per heavy atom. The van der Waals surface area contributed by atoms with E-state index in [4.69, 9.17) is 9.47 Å². The Morgan fingerprint density at radius 2 is 1.88 bits per heavy atom. The van der Waals surface area contributed by atoms with Gasteiger partial charge < -0.3 is 9.47 Å². The second-order valence-corrected chi connectivity index (χ2v) is 4.96. The van der Waals surface area contributed by atoms with Crippen molar-refractivity contribution in [1.82, 2.24) is 0 Å². The zero-order valence-electron chi connectivity index (χ0n) is 11.0. The fraction of sp³-hybridized carbons (Fsp3) is 0.500. The summed E-state index contributed by atoms with van der Waals surface area (Å²) in [6, 6.07) is 6.13. The van der Waals surface area contributed by atoms with Gasteiger partial charge in [-0.15, -0.1) is 0 Å². The van der Waals surface area contributed by atoms with Crippen LogP contribution in [0, 0.1) is 13.8 Å². The lowest BCUT2D eigenvalue weighted by molar-refractivity contribution is -0.146. The molecule has 0 radical (unpaired) electrons. The highest BCUT2D eigenvalue weighted by molar-refractivity contribution is 5.84. The van der Waals surface area contributed by atoms with Crippen molar-refractivity contribution in [3.8, 4) is 0 Å². The molecule has 2 atom stereocenters. The van der Waals surface area contributed by atoms with Crippen molar-refractivity contribution in [3.63, 3.8) is 0 Å². The van der Waals surface area contributed by atoms with E-state index >= 15 is 0 Å². The number of aryl methyl sites for hydroxylation is 2. The lowest BCUT2D eigenvalue weighted by atomic mass is 9.87. The summed E-state index contributed by atoms with van der Waals surface area (Å²) in [7, 11) is 1.38. The zero-order valence-corrected chi connectivity index (χ0v) is 11.0. The molecule has 0 amide bonds. The molecule has 0 bridgehead atoms. The largest absolute Gasteiger partial charge is 0.467 e. The normalized spacial score (nSPS) is 31.1. The summed E-state index contributed by atoms with van der Waals surface area (Å²) in [5.41, 5.74) is 2.03. The van der Waals surface area contributed by atoms with Gasteiger partial charge in [-0.1, -0.05) is 18.2 Å². The van der Waals surface area contributed by atoms with Gasteiger partial charge in [0.15, 0.2) is 5.60 Å². The van der Waals surface area contributed by atoms with Crippen LogP contribution in [0.3, 0.4) is 0 Å². The van der Waals surface area contributed by atoms with E-state index in [9.17, 15) is 4.79 Å². The molecule has 1 saturated heterocycles. The Morgan fingerprint density at radius 1 is 1.24 bits per heavy atom. The van der Waals surface area contributed by atoms with Gasteiger partial charge in [-0.05, 0) is 44.4 Å². The van der Waals surface area contributed by atoms with Gasteiger partial charge in [0.05, 0.1) is 7.11 Å². The molecule has 1 aliphatic rings. The fourth-order valence-electron chi connectivity index (χ4n) is 2.19. The molecular formula is C14H18O3. The minimum absolute atomic E-state index is 0.321. The summed E-state index contributed by atoms with van der Waals surface area (Å²) in [6.45, 7) is 7.82. The molecule has 0 saturated carbocycles. The highest BCUT2D eigenvalue weighted by Gasteiger charge is 2.70. The first-order valence-corrected chi connectivity index (χ1v) is 5.71. The van der Waals surface area contributed by atoms with Crippen LogP contribution in [0.4, 0.5) is 0 Å². The van der Waals surface area contributed by atoms with Crippen LogP contribution in [-0.4, -0.2) is 18.7 Å². The van der Waals surface area contributed by atoms with Crippen LogP contribution in [-0.2, 0) is 19.9 Å². The highest BCUT2D eigenvalue weighted by Crippen LogP contribution is 2.56. The molecule has 3 nitrogen and oxygen atoms in total. The number of esters is 1. The van der Waals surface area contributed by atoms with Crippen molar-refractivity contribution >= 4 is 5.97 Å². The molecule has 2 rings (SSSR count). The second-order valence-electron chi connectivity index (χ2n) is 4.96. The number of epoxide rings is 1. The van der Waals surface area contributed by atoms with Gasteiger partial charge in [-0.25, -0.2) is 4.79 Å². The van der Waals surface area contributed by atoms with E-state index in [1.807, 2.05) is 13.0 Å². The molecule has 1 aliphatic heterocycles. The molecule has 2 unspecified atom stereocenters. The van der Waals surface area contributed by atoms with Crippen LogP contribution in [0.2, 0.25) is 0 Å². The molecule has 0 spiro atoms. The third-order valence-electron chi connectivity index (χ3n) is 3.91. The quantitative estimate of drug-likeness (QED) is 0.583. The summed E-state index contributed by atoms with van der Waals surface area (Å²) in [5.74, 6) is -0.321. The maximum atomic E-state index is 11.7. The molecule has 1 aromatic rings. The van der Waals surface area contributed by atoms with Gasteiger partial charge in [0.1, 0.15) is 5.60 Å². The molecule has 0 N–H and O–H groups in total. The monoisotopic (exact) mass is 234 g/mol. The van der Waals surface area contributed by atoms with Gasteiger partial charge >= 0.3 is 5.97 Å². The van der Waals surface area contributed by atoms with E-state index in [0.29, 0.717) is 0 Å². The van der Waals surface area contributed by atoms with Gasteiger partial charge in [-0.3, -0.25) is 0 Å². The lowest BCUT2D eigenvalue weighted by Crippen LogP contribution is -2.29. The molecule has 0 aromatic heterocycles. The van der Waals surface area contributed by atoms with Gasteiger partial charge in [0.25, 0.3) is 0 Å². The average Bonchev–Trinajstić information content (AvgIpc) is 2.87. The summed E-state index contributed by atoms with van der Waals surface area (Å²) in [5, 5.41) is 0. The summed E-state index contributed by atoms with van der Waals surface area (Å²) in [6.07, 6.45) is 0. The molecule has 0 aliphatic carbocycles. The average molecular weight is 234 g/mol. The standard InChI is InChI=1S/C14H18O3/c1-9-6-7-11(8-10(9)2)13(3)14(4,17-13)12(15)16-5/h6-8H,1-5H3. The summed E-state index contributed by atoms with van der Waals surface area (Å²) >= 11 is 0. The van der Waals surface area contributed by atoms with Crippen molar-refractivity contribution in [1.29, 1.82) is 0 Å². The Kier molecular flexibility index (Phi) is 2.54. The summed E-state index contributed by atoms with van der Waals surface area (Å²) in [4.78, 5) is 11.7. The number of carbonyl (C=O) groups is 1. The van der Waals surface area contributed by atoms with Gasteiger partial charge in [0.2, 0.25) is 0 Å². The number of hydrogen-bond donors (Lipinski definition) is 0. The third kappa shape index (κ3) is 1.57. The maximum absolute atomic E-state index is 11.7. The van der Waals surface area contributed by atoms with E-state index in [1.165, 1.54) is 18.2 Å². The maximum Gasteiger partial charge on any atom is 0.341 e. The van der Waals surface area contributed by atoms with E-state index < -0.39 is 11.2 Å². The van der Waals surface area contributed by atoms with Crippen molar-refractivity contribution in [2.45, 2.75) is 38.9 Å². The first-order valence-electron chi connectivity index (χ1n) is 5.71. The fourth-order valence-corrected chi connectivity index (χ4v) is 2.19. The number of methoxy groups -OCH3 is 1. The lowest BCUT2D eigenvalue weighted by Gasteiger charge is -2.12. The Hall–Kier alpha value is -1.35. The number of carbonyl (C=O) groups excluding carboxylic acids is 1. The highest BCUT2D eigenvalue weighted by atomic mass is 16.7. The first-order chi connectivity index (χ1) is 7.85. The van der Waals surface area contributed by atoms with E-state index in [0.717, 1.165) is 5.56 Å². The molecule has 3 heteroatoms. The van der Waals surface area contributed by atoms with E-state index in [2.05, 4.69) is 26.0 Å². The van der Waals surface area contributed by atoms with Crippen molar-refractivity contribution in [2.75, 3.05) is 7.11 Å². The van der Waals surface area contributed by atoms with E-state index in [-0.39, 0.29) is 5.97 Å². The smallest absolute Gasteiger partial charge is 0.341 e. The van der Waals surface area contributed by atoms with Crippen molar-refractivity contribution in [2.24, 2.45) is 0 Å². The van der Waals surface area contributed by atoms with Crippen LogP contribution < -0.4 is 0 Å². The Bertz CT molecular complexity index is 480. The summed E-state index contributed by atoms with van der Waals surface area (Å²) < 4.78 is 10.4. The zero-order chi connectivity index (χ0) is 12.8. The predicted octanol–water partition coefficient (Wildman–Crippen LogP) is 2.48. The predicted molar refractivity (Wildman–Crippen MR) is 64.8 cm³/mol. The van der Waals surface area contributed by atoms with E-state index in [1.54, 1.807) is 6.92 Å². The van der Waals surface area contributed by atoms with Crippen molar-refractivity contribution in [3.05, 3.63) is 34.9 Å². The number of ether oxygens (including phenoxy) is 2. The van der Waals surface area contributed by atoms with Gasteiger partial charge in [0, 0.05) is 0 Å². The van der Waals surface area contributed by atoms with Crippen LogP contribution in [0.15, 0.2) is 18.2 Å². The molecule has 17 heavy (non-hydrogen) atoms. The van der Waals surface area contributed by atoms with Crippen LogP contribution >= 0.6 is 0 Å². The number of benzene rings is 1.